The van der Waals surface area contributed by atoms with E-state index in [4.69, 9.17) is 11.6 Å². The molecule has 23 heavy (non-hydrogen) atoms. The lowest BCUT2D eigenvalue weighted by Crippen LogP contribution is -2.15. The van der Waals surface area contributed by atoms with Gasteiger partial charge in [0.05, 0.1) is 33.4 Å². The molecule has 0 saturated heterocycles. The van der Waals surface area contributed by atoms with E-state index in [1.165, 1.54) is 12.1 Å². The van der Waals surface area contributed by atoms with E-state index < -0.39 is 11.7 Å². The van der Waals surface area contributed by atoms with E-state index in [9.17, 15) is 18.0 Å². The lowest BCUT2D eigenvalue weighted by molar-refractivity contribution is -0.137. The highest BCUT2D eigenvalue weighted by Gasteiger charge is 2.33. The van der Waals surface area contributed by atoms with Gasteiger partial charge < -0.3 is 5.32 Å². The van der Waals surface area contributed by atoms with E-state index in [2.05, 4.69) is 15.5 Å². The third-order valence-electron chi connectivity index (χ3n) is 3.01. The van der Waals surface area contributed by atoms with Crippen LogP contribution in [0.15, 0.2) is 23.1 Å². The summed E-state index contributed by atoms with van der Waals surface area (Å²) in [5.41, 5.74) is 1.03. The monoisotopic (exact) mass is 363 g/mol. The van der Waals surface area contributed by atoms with Crippen LogP contribution in [0.2, 0.25) is 5.02 Å². The van der Waals surface area contributed by atoms with Crippen LogP contribution < -0.4 is 5.32 Å². The van der Waals surface area contributed by atoms with Crippen molar-refractivity contribution in [2.45, 2.75) is 24.9 Å². The van der Waals surface area contributed by atoms with Crippen LogP contribution in [0.3, 0.4) is 0 Å². The Labute approximate surface area is 139 Å². The van der Waals surface area contributed by atoms with Gasteiger partial charge in [-0.15, -0.1) is 11.8 Å². The number of aromatic amines is 1. The average Bonchev–Trinajstić information content (AvgIpc) is 2.77. The Morgan fingerprint density at radius 1 is 1.39 bits per heavy atom. The molecule has 0 radical (unpaired) electrons. The summed E-state index contributed by atoms with van der Waals surface area (Å²) in [4.78, 5) is 12.2. The summed E-state index contributed by atoms with van der Waals surface area (Å²) >= 11 is 6.55. The summed E-state index contributed by atoms with van der Waals surface area (Å²) in [6, 6.07) is 3.56. The van der Waals surface area contributed by atoms with Gasteiger partial charge in [-0.05, 0) is 32.0 Å². The summed E-state index contributed by atoms with van der Waals surface area (Å²) in [6.07, 6.45) is -4.53. The van der Waals surface area contributed by atoms with Gasteiger partial charge in [-0.25, -0.2) is 0 Å². The number of H-pyrrole nitrogens is 1. The van der Waals surface area contributed by atoms with Crippen molar-refractivity contribution in [2.75, 3.05) is 11.1 Å². The molecule has 1 aromatic heterocycles. The summed E-state index contributed by atoms with van der Waals surface area (Å²) < 4.78 is 38.4. The molecule has 124 valence electrons. The number of nitrogens with one attached hydrogen (secondary N) is 2. The Balaban J connectivity index is 2.02. The highest BCUT2D eigenvalue weighted by Crippen LogP contribution is 2.37. The van der Waals surface area contributed by atoms with Crippen LogP contribution in [-0.4, -0.2) is 21.9 Å². The molecule has 1 aromatic carbocycles. The average molecular weight is 364 g/mol. The van der Waals surface area contributed by atoms with Gasteiger partial charge in [0, 0.05) is 4.90 Å². The van der Waals surface area contributed by atoms with Gasteiger partial charge >= 0.3 is 6.18 Å². The number of alkyl halides is 3. The second-order valence-corrected chi connectivity index (χ2v) is 6.24. The molecule has 0 bridgehead atoms. The van der Waals surface area contributed by atoms with Crippen molar-refractivity contribution in [3.63, 3.8) is 0 Å². The first-order valence-electron chi connectivity index (χ1n) is 6.49. The standard InChI is InChI=1S/C14H13ClF3N3OS/c1-7-13(8(2)21-20-7)19-12(22)6-23-9-3-4-11(15)10(5-9)14(16,17)18/h3-5H,6H2,1-2H3,(H,19,22)(H,20,21). The molecule has 2 rings (SSSR count). The molecule has 0 aliphatic carbocycles. The maximum absolute atomic E-state index is 12.8. The van der Waals surface area contributed by atoms with Crippen molar-refractivity contribution < 1.29 is 18.0 Å². The Morgan fingerprint density at radius 2 is 2.09 bits per heavy atom. The van der Waals surface area contributed by atoms with E-state index in [0.29, 0.717) is 22.0 Å². The Hall–Kier alpha value is -1.67. The molecule has 1 heterocycles. The van der Waals surface area contributed by atoms with Crippen LogP contribution >= 0.6 is 23.4 Å². The molecule has 0 atom stereocenters. The first-order chi connectivity index (χ1) is 10.7. The number of carbonyl (C=O) groups excluding carboxylic acids is 1. The molecule has 4 nitrogen and oxygen atoms in total. The summed E-state index contributed by atoms with van der Waals surface area (Å²) in [6.45, 7) is 3.50. The summed E-state index contributed by atoms with van der Waals surface area (Å²) in [7, 11) is 0. The van der Waals surface area contributed by atoms with Crippen LogP contribution in [0, 0.1) is 13.8 Å². The van der Waals surface area contributed by atoms with Crippen LogP contribution in [0.4, 0.5) is 18.9 Å². The van der Waals surface area contributed by atoms with Crippen LogP contribution in [0.5, 0.6) is 0 Å². The SMILES string of the molecule is Cc1n[nH]c(C)c1NC(=O)CSc1ccc(Cl)c(C(F)(F)F)c1. The number of hydrogen-bond donors (Lipinski definition) is 2. The molecule has 0 spiro atoms. The number of rotatable bonds is 4. The Bertz CT molecular complexity index is 711. The molecular weight excluding hydrogens is 351 g/mol. The number of halogens is 4. The van der Waals surface area contributed by atoms with E-state index in [1.54, 1.807) is 13.8 Å². The fourth-order valence-corrected chi connectivity index (χ4v) is 2.83. The second-order valence-electron chi connectivity index (χ2n) is 4.79. The molecule has 9 heteroatoms. The fraction of sp³-hybridized carbons (Fsp3) is 0.286. The Morgan fingerprint density at radius 3 is 2.65 bits per heavy atom. The quantitative estimate of drug-likeness (QED) is 0.790. The van der Waals surface area contributed by atoms with Crippen LogP contribution in [-0.2, 0) is 11.0 Å². The number of carbonyl (C=O) groups is 1. The highest BCUT2D eigenvalue weighted by molar-refractivity contribution is 8.00. The molecule has 2 aromatic rings. The molecule has 0 saturated carbocycles. The van der Waals surface area contributed by atoms with Gasteiger partial charge in [0.2, 0.25) is 5.91 Å². The van der Waals surface area contributed by atoms with E-state index >= 15 is 0 Å². The smallest absolute Gasteiger partial charge is 0.322 e. The molecule has 2 N–H and O–H groups in total. The number of hydrogen-bond acceptors (Lipinski definition) is 3. The number of thioether (sulfide) groups is 1. The highest BCUT2D eigenvalue weighted by atomic mass is 35.5. The van der Waals surface area contributed by atoms with E-state index in [1.807, 2.05) is 0 Å². The van der Waals surface area contributed by atoms with E-state index in [0.717, 1.165) is 17.8 Å². The minimum atomic E-state index is -4.53. The van der Waals surface area contributed by atoms with Crippen molar-refractivity contribution in [3.8, 4) is 0 Å². The zero-order valence-electron chi connectivity index (χ0n) is 12.2. The Kier molecular flexibility index (Phi) is 5.26. The number of amides is 1. The van der Waals surface area contributed by atoms with Gasteiger partial charge in [-0.2, -0.15) is 18.3 Å². The largest absolute Gasteiger partial charge is 0.417 e. The predicted molar refractivity (Wildman–Crippen MR) is 83.9 cm³/mol. The fourth-order valence-electron chi connectivity index (χ4n) is 1.87. The van der Waals surface area contributed by atoms with Gasteiger partial charge in [0.1, 0.15) is 0 Å². The molecule has 0 aliphatic heterocycles. The third-order valence-corrected chi connectivity index (χ3v) is 4.33. The number of aromatic nitrogens is 2. The summed E-state index contributed by atoms with van der Waals surface area (Å²) in [5, 5.41) is 9.00. The zero-order chi connectivity index (χ0) is 17.2. The van der Waals surface area contributed by atoms with Gasteiger partial charge in [-0.1, -0.05) is 11.6 Å². The summed E-state index contributed by atoms with van der Waals surface area (Å²) in [5.74, 6) is -0.352. The van der Waals surface area contributed by atoms with Crippen molar-refractivity contribution in [1.29, 1.82) is 0 Å². The molecule has 0 aliphatic rings. The van der Waals surface area contributed by atoms with Crippen LogP contribution in [0.25, 0.3) is 0 Å². The molecular formula is C14H13ClF3N3OS. The first-order valence-corrected chi connectivity index (χ1v) is 7.86. The van der Waals surface area contributed by atoms with Crippen LogP contribution in [0.1, 0.15) is 17.0 Å². The topological polar surface area (TPSA) is 57.8 Å². The van der Waals surface area contributed by atoms with Crippen molar-refractivity contribution >= 4 is 35.0 Å². The zero-order valence-corrected chi connectivity index (χ0v) is 13.8. The van der Waals surface area contributed by atoms with Gasteiger partial charge in [0.15, 0.2) is 0 Å². The van der Waals surface area contributed by atoms with Crippen molar-refractivity contribution in [2.24, 2.45) is 0 Å². The minimum Gasteiger partial charge on any atom is -0.322 e. The molecule has 1 amide bonds. The van der Waals surface area contributed by atoms with Crippen molar-refractivity contribution in [3.05, 3.63) is 40.2 Å². The first kappa shape index (κ1) is 17.7. The lowest BCUT2D eigenvalue weighted by atomic mass is 10.2. The van der Waals surface area contributed by atoms with E-state index in [-0.39, 0.29) is 16.7 Å². The normalized spacial score (nSPS) is 11.6. The van der Waals surface area contributed by atoms with Gasteiger partial charge in [-0.3, -0.25) is 9.89 Å². The third kappa shape index (κ3) is 4.42. The number of aryl methyl sites for hydroxylation is 2. The van der Waals surface area contributed by atoms with Crippen molar-refractivity contribution in [1.82, 2.24) is 10.2 Å². The van der Waals surface area contributed by atoms with Gasteiger partial charge in [0.25, 0.3) is 0 Å². The maximum atomic E-state index is 12.8. The number of anilines is 1. The predicted octanol–water partition coefficient (Wildman–Crippen LogP) is 4.43. The molecule has 0 fully saturated rings. The second kappa shape index (κ2) is 6.84. The number of benzene rings is 1. The lowest BCUT2D eigenvalue weighted by Gasteiger charge is -2.11. The number of nitrogens with zero attached hydrogens (tertiary/aromatic N) is 1. The molecule has 0 unspecified atom stereocenters. The maximum Gasteiger partial charge on any atom is 0.417 e. The minimum absolute atomic E-state index is 0.0248.